The number of nitrogens with zero attached hydrogens (tertiary/aromatic N) is 2. The van der Waals surface area contributed by atoms with E-state index in [0.29, 0.717) is 13.1 Å². The van der Waals surface area contributed by atoms with Crippen molar-refractivity contribution in [3.63, 3.8) is 0 Å². The van der Waals surface area contributed by atoms with Gasteiger partial charge in [-0.1, -0.05) is 12.1 Å². The summed E-state index contributed by atoms with van der Waals surface area (Å²) >= 11 is 4.19. The number of carbonyl (C=O) groups excluding carboxylic acids is 1. The topological polar surface area (TPSA) is 23.6 Å². The van der Waals surface area contributed by atoms with Gasteiger partial charge in [-0.25, -0.2) is 4.39 Å². The molecule has 5 heteroatoms. The van der Waals surface area contributed by atoms with Gasteiger partial charge in [0, 0.05) is 38.5 Å². The van der Waals surface area contributed by atoms with Crippen LogP contribution in [0.3, 0.4) is 0 Å². The van der Waals surface area contributed by atoms with Crippen molar-refractivity contribution < 1.29 is 9.18 Å². The van der Waals surface area contributed by atoms with Crippen LogP contribution in [0.5, 0.6) is 0 Å². The molecule has 3 nitrogen and oxygen atoms in total. The zero-order valence-corrected chi connectivity index (χ0v) is 11.1. The van der Waals surface area contributed by atoms with Gasteiger partial charge in [-0.2, -0.15) is 12.6 Å². The van der Waals surface area contributed by atoms with E-state index in [2.05, 4.69) is 17.5 Å². The number of carbonyl (C=O) groups is 1. The zero-order chi connectivity index (χ0) is 13.0. The van der Waals surface area contributed by atoms with Crippen LogP contribution in [0, 0.1) is 5.82 Å². The summed E-state index contributed by atoms with van der Waals surface area (Å²) in [7, 11) is 0. The van der Waals surface area contributed by atoms with Crippen LogP contribution in [0.25, 0.3) is 0 Å². The fourth-order valence-electron chi connectivity index (χ4n) is 2.12. The van der Waals surface area contributed by atoms with Gasteiger partial charge in [-0.05, 0) is 12.1 Å². The lowest BCUT2D eigenvalue weighted by Gasteiger charge is -2.34. The first kappa shape index (κ1) is 13.4. The molecule has 1 amide bonds. The Labute approximate surface area is 112 Å². The number of hydrogen-bond acceptors (Lipinski definition) is 3. The summed E-state index contributed by atoms with van der Waals surface area (Å²) in [5.41, 5.74) is 0.167. The standard InChI is InChI=1S/C13H17FN2OS/c14-12-4-2-1-3-11(12)13(17)16-7-5-15(6-8-16)9-10-18/h1-4,18H,5-10H2. The van der Waals surface area contributed by atoms with Gasteiger partial charge in [0.15, 0.2) is 0 Å². The molecular formula is C13H17FN2OS. The van der Waals surface area contributed by atoms with Gasteiger partial charge in [0.1, 0.15) is 5.82 Å². The number of piperazine rings is 1. The van der Waals surface area contributed by atoms with E-state index in [1.54, 1.807) is 17.0 Å². The first-order valence-electron chi connectivity index (χ1n) is 6.09. The molecule has 1 aromatic carbocycles. The molecule has 0 saturated carbocycles. The molecule has 1 saturated heterocycles. The Morgan fingerprint density at radius 3 is 2.50 bits per heavy atom. The Hall–Kier alpha value is -1.07. The molecule has 1 aliphatic heterocycles. The summed E-state index contributed by atoms with van der Waals surface area (Å²) in [6.07, 6.45) is 0. The number of thiol groups is 1. The minimum Gasteiger partial charge on any atom is -0.336 e. The molecule has 1 heterocycles. The van der Waals surface area contributed by atoms with Crippen LogP contribution in [0.1, 0.15) is 10.4 Å². The molecule has 1 aliphatic rings. The van der Waals surface area contributed by atoms with Crippen LogP contribution < -0.4 is 0 Å². The molecule has 0 aliphatic carbocycles. The highest BCUT2D eigenvalue weighted by Crippen LogP contribution is 2.12. The normalized spacial score (nSPS) is 16.9. The lowest BCUT2D eigenvalue weighted by Crippen LogP contribution is -2.49. The van der Waals surface area contributed by atoms with Crippen molar-refractivity contribution >= 4 is 18.5 Å². The molecule has 2 rings (SSSR count). The lowest BCUT2D eigenvalue weighted by molar-refractivity contribution is 0.0640. The highest BCUT2D eigenvalue weighted by atomic mass is 32.1. The van der Waals surface area contributed by atoms with E-state index < -0.39 is 5.82 Å². The van der Waals surface area contributed by atoms with Gasteiger partial charge in [-0.3, -0.25) is 9.69 Å². The zero-order valence-electron chi connectivity index (χ0n) is 10.2. The van der Waals surface area contributed by atoms with E-state index in [9.17, 15) is 9.18 Å². The van der Waals surface area contributed by atoms with Crippen molar-refractivity contribution in [1.29, 1.82) is 0 Å². The molecule has 1 fully saturated rings. The van der Waals surface area contributed by atoms with E-state index in [4.69, 9.17) is 0 Å². The van der Waals surface area contributed by atoms with Crippen LogP contribution in [-0.2, 0) is 0 Å². The van der Waals surface area contributed by atoms with Gasteiger partial charge in [0.2, 0.25) is 0 Å². The maximum Gasteiger partial charge on any atom is 0.256 e. The molecule has 1 aromatic rings. The van der Waals surface area contributed by atoms with Crippen LogP contribution >= 0.6 is 12.6 Å². The average molecular weight is 268 g/mol. The SMILES string of the molecule is O=C(c1ccccc1F)N1CCN(CCS)CC1. The quantitative estimate of drug-likeness (QED) is 0.840. The molecule has 0 bridgehead atoms. The second-order valence-corrected chi connectivity index (χ2v) is 4.78. The van der Waals surface area contributed by atoms with Gasteiger partial charge in [0.25, 0.3) is 5.91 Å². The van der Waals surface area contributed by atoms with Crippen molar-refractivity contribution in [2.75, 3.05) is 38.5 Å². The summed E-state index contributed by atoms with van der Waals surface area (Å²) in [4.78, 5) is 16.1. The Kier molecular flexibility index (Phi) is 4.60. The molecule has 0 aromatic heterocycles. The van der Waals surface area contributed by atoms with E-state index in [1.807, 2.05) is 0 Å². The van der Waals surface area contributed by atoms with Crippen LogP contribution in [0.4, 0.5) is 4.39 Å². The first-order chi connectivity index (χ1) is 8.72. The maximum atomic E-state index is 13.5. The molecule has 0 spiro atoms. The second kappa shape index (κ2) is 6.20. The Morgan fingerprint density at radius 2 is 1.89 bits per heavy atom. The van der Waals surface area contributed by atoms with Gasteiger partial charge >= 0.3 is 0 Å². The number of benzene rings is 1. The van der Waals surface area contributed by atoms with Gasteiger partial charge in [0.05, 0.1) is 5.56 Å². The minimum absolute atomic E-state index is 0.167. The summed E-state index contributed by atoms with van der Waals surface area (Å²) in [5, 5.41) is 0. The Bertz CT molecular complexity index is 419. The molecular weight excluding hydrogens is 251 g/mol. The summed E-state index contributed by atoms with van der Waals surface area (Å²) < 4.78 is 13.5. The second-order valence-electron chi connectivity index (χ2n) is 4.34. The van der Waals surface area contributed by atoms with Gasteiger partial charge < -0.3 is 4.90 Å². The Morgan fingerprint density at radius 1 is 1.22 bits per heavy atom. The molecule has 0 unspecified atom stereocenters. The number of halogens is 1. The van der Waals surface area contributed by atoms with Crippen molar-refractivity contribution in [1.82, 2.24) is 9.80 Å². The fourth-order valence-corrected chi connectivity index (χ4v) is 2.40. The van der Waals surface area contributed by atoms with E-state index in [0.717, 1.165) is 25.4 Å². The largest absolute Gasteiger partial charge is 0.336 e. The first-order valence-corrected chi connectivity index (χ1v) is 6.72. The van der Waals surface area contributed by atoms with E-state index in [-0.39, 0.29) is 11.5 Å². The average Bonchev–Trinajstić information content (AvgIpc) is 2.40. The third-order valence-corrected chi connectivity index (χ3v) is 3.38. The van der Waals surface area contributed by atoms with Crippen molar-refractivity contribution in [2.45, 2.75) is 0 Å². The molecule has 0 atom stereocenters. The van der Waals surface area contributed by atoms with Crippen LogP contribution in [0.15, 0.2) is 24.3 Å². The summed E-state index contributed by atoms with van der Waals surface area (Å²) in [5.74, 6) is 0.167. The van der Waals surface area contributed by atoms with Crippen LogP contribution in [-0.4, -0.2) is 54.2 Å². The van der Waals surface area contributed by atoms with E-state index >= 15 is 0 Å². The highest BCUT2D eigenvalue weighted by Gasteiger charge is 2.23. The summed E-state index contributed by atoms with van der Waals surface area (Å²) in [6.45, 7) is 3.91. The highest BCUT2D eigenvalue weighted by molar-refractivity contribution is 7.80. The van der Waals surface area contributed by atoms with Gasteiger partial charge in [-0.15, -0.1) is 0 Å². The number of rotatable bonds is 3. The molecule has 0 N–H and O–H groups in total. The van der Waals surface area contributed by atoms with E-state index in [1.165, 1.54) is 12.1 Å². The third-order valence-electron chi connectivity index (χ3n) is 3.18. The Balaban J connectivity index is 1.98. The molecule has 18 heavy (non-hydrogen) atoms. The minimum atomic E-state index is -0.444. The number of hydrogen-bond donors (Lipinski definition) is 1. The monoisotopic (exact) mass is 268 g/mol. The predicted octanol–water partition coefficient (Wildman–Crippen LogP) is 1.51. The lowest BCUT2D eigenvalue weighted by atomic mass is 10.1. The summed E-state index contributed by atoms with van der Waals surface area (Å²) in [6, 6.07) is 6.15. The van der Waals surface area contributed by atoms with Crippen molar-refractivity contribution in [3.8, 4) is 0 Å². The number of amides is 1. The van der Waals surface area contributed by atoms with Crippen LogP contribution in [0.2, 0.25) is 0 Å². The smallest absolute Gasteiger partial charge is 0.256 e. The maximum absolute atomic E-state index is 13.5. The molecule has 0 radical (unpaired) electrons. The van der Waals surface area contributed by atoms with Crippen molar-refractivity contribution in [3.05, 3.63) is 35.6 Å². The fraction of sp³-hybridized carbons (Fsp3) is 0.462. The molecule has 98 valence electrons. The predicted molar refractivity (Wildman–Crippen MR) is 72.6 cm³/mol. The van der Waals surface area contributed by atoms with Crippen molar-refractivity contribution in [2.24, 2.45) is 0 Å². The third kappa shape index (κ3) is 3.03.